The third kappa shape index (κ3) is 3.01. The molecule has 1 aromatic rings. The van der Waals surface area contributed by atoms with Crippen molar-refractivity contribution in [2.24, 2.45) is 0 Å². The lowest BCUT2D eigenvalue weighted by Crippen LogP contribution is -2.06. The number of hydrogen-bond donors (Lipinski definition) is 1. The van der Waals surface area contributed by atoms with Crippen LogP contribution in [0.2, 0.25) is 0 Å². The van der Waals surface area contributed by atoms with Crippen molar-refractivity contribution < 1.29 is 9.84 Å². The summed E-state index contributed by atoms with van der Waals surface area (Å²) in [6.45, 7) is 9.53. The molecule has 1 N–H and O–H groups in total. The highest BCUT2D eigenvalue weighted by molar-refractivity contribution is 5.49. The first-order valence-electron chi connectivity index (χ1n) is 5.14. The quantitative estimate of drug-likeness (QED) is 0.766. The number of rotatable bonds is 4. The molecule has 0 fully saturated rings. The van der Waals surface area contributed by atoms with Crippen LogP contribution in [-0.2, 0) is 6.42 Å². The third-order valence-electron chi connectivity index (χ3n) is 2.03. The minimum absolute atomic E-state index is 0.0641. The van der Waals surface area contributed by atoms with Gasteiger partial charge in [-0.3, -0.25) is 0 Å². The lowest BCUT2D eigenvalue weighted by Gasteiger charge is -2.14. The summed E-state index contributed by atoms with van der Waals surface area (Å²) >= 11 is 0. The second kappa shape index (κ2) is 4.87. The van der Waals surface area contributed by atoms with Crippen LogP contribution in [0.4, 0.5) is 0 Å². The Morgan fingerprint density at radius 2 is 2.13 bits per heavy atom. The average molecular weight is 206 g/mol. The highest BCUT2D eigenvalue weighted by Gasteiger charge is 2.09. The molecule has 0 saturated heterocycles. The Hall–Kier alpha value is -1.44. The highest BCUT2D eigenvalue weighted by atomic mass is 16.5. The predicted molar refractivity (Wildman–Crippen MR) is 62.5 cm³/mol. The molecule has 0 aliphatic rings. The number of aryl methyl sites for hydroxylation is 1. The SMILES string of the molecule is C=CCc1cc(C)cc(OC(C)C)c1O. The fraction of sp³-hybridized carbons (Fsp3) is 0.385. The maximum atomic E-state index is 9.92. The Kier molecular flexibility index (Phi) is 3.78. The minimum atomic E-state index is 0.0641. The molecule has 2 heteroatoms. The maximum Gasteiger partial charge on any atom is 0.161 e. The van der Waals surface area contributed by atoms with Crippen molar-refractivity contribution in [1.82, 2.24) is 0 Å². The van der Waals surface area contributed by atoms with Gasteiger partial charge in [0.05, 0.1) is 6.10 Å². The number of allylic oxidation sites excluding steroid dienone is 1. The number of ether oxygens (including phenoxy) is 1. The molecule has 0 radical (unpaired) electrons. The molecule has 0 spiro atoms. The van der Waals surface area contributed by atoms with Gasteiger partial charge in [0, 0.05) is 5.56 Å². The Bertz CT molecular complexity index is 354. The van der Waals surface area contributed by atoms with E-state index in [-0.39, 0.29) is 11.9 Å². The standard InChI is InChI=1S/C13H18O2/c1-5-6-11-7-10(4)8-12(13(11)14)15-9(2)3/h5,7-9,14H,1,6H2,2-4H3. The first kappa shape index (κ1) is 11.6. The summed E-state index contributed by atoms with van der Waals surface area (Å²) in [5.74, 6) is 0.788. The van der Waals surface area contributed by atoms with Gasteiger partial charge in [0.25, 0.3) is 0 Å². The highest BCUT2D eigenvalue weighted by Crippen LogP contribution is 2.32. The third-order valence-corrected chi connectivity index (χ3v) is 2.03. The summed E-state index contributed by atoms with van der Waals surface area (Å²) in [6, 6.07) is 3.80. The van der Waals surface area contributed by atoms with Crippen molar-refractivity contribution in [1.29, 1.82) is 0 Å². The molecule has 2 nitrogen and oxygen atoms in total. The van der Waals surface area contributed by atoms with Gasteiger partial charge < -0.3 is 9.84 Å². The molecule has 1 rings (SSSR count). The molecule has 0 heterocycles. The van der Waals surface area contributed by atoms with E-state index < -0.39 is 0 Å². The van der Waals surface area contributed by atoms with E-state index in [1.807, 2.05) is 32.9 Å². The molecule has 0 saturated carbocycles. The smallest absolute Gasteiger partial charge is 0.161 e. The maximum absolute atomic E-state index is 9.92. The number of phenols is 1. The summed E-state index contributed by atoms with van der Waals surface area (Å²) in [5.41, 5.74) is 1.95. The van der Waals surface area contributed by atoms with Crippen molar-refractivity contribution in [3.8, 4) is 11.5 Å². The number of aromatic hydroxyl groups is 1. The number of benzene rings is 1. The predicted octanol–water partition coefficient (Wildman–Crippen LogP) is 3.22. The normalized spacial score (nSPS) is 10.4. The van der Waals surface area contributed by atoms with Crippen LogP contribution in [-0.4, -0.2) is 11.2 Å². The molecular weight excluding hydrogens is 188 g/mol. The van der Waals surface area contributed by atoms with Crippen molar-refractivity contribution in [2.45, 2.75) is 33.3 Å². The van der Waals surface area contributed by atoms with E-state index in [0.29, 0.717) is 12.2 Å². The topological polar surface area (TPSA) is 29.5 Å². The van der Waals surface area contributed by atoms with Crippen LogP contribution in [0, 0.1) is 6.92 Å². The molecule has 15 heavy (non-hydrogen) atoms. The molecule has 0 aromatic heterocycles. The summed E-state index contributed by atoms with van der Waals surface area (Å²) in [5, 5.41) is 9.92. The fourth-order valence-corrected chi connectivity index (χ4v) is 1.47. The van der Waals surface area contributed by atoms with Gasteiger partial charge in [-0.15, -0.1) is 6.58 Å². The van der Waals surface area contributed by atoms with Crippen LogP contribution >= 0.6 is 0 Å². The van der Waals surface area contributed by atoms with Crippen molar-refractivity contribution >= 4 is 0 Å². The molecule has 0 unspecified atom stereocenters. The summed E-state index contributed by atoms with van der Waals surface area (Å²) < 4.78 is 5.53. The monoisotopic (exact) mass is 206 g/mol. The summed E-state index contributed by atoms with van der Waals surface area (Å²) in [4.78, 5) is 0. The van der Waals surface area contributed by atoms with E-state index >= 15 is 0 Å². The zero-order chi connectivity index (χ0) is 11.4. The molecule has 0 bridgehead atoms. The Balaban J connectivity index is 3.09. The molecule has 82 valence electrons. The van der Waals surface area contributed by atoms with Gasteiger partial charge in [0.2, 0.25) is 0 Å². The first-order valence-corrected chi connectivity index (χ1v) is 5.14. The van der Waals surface area contributed by atoms with Crippen LogP contribution in [0.25, 0.3) is 0 Å². The Labute approximate surface area is 91.2 Å². The van der Waals surface area contributed by atoms with Crippen LogP contribution < -0.4 is 4.74 Å². The van der Waals surface area contributed by atoms with Crippen LogP contribution in [0.5, 0.6) is 11.5 Å². The van der Waals surface area contributed by atoms with Gasteiger partial charge in [-0.1, -0.05) is 12.1 Å². The van der Waals surface area contributed by atoms with E-state index in [2.05, 4.69) is 6.58 Å². The second-order valence-corrected chi connectivity index (χ2v) is 3.93. The zero-order valence-corrected chi connectivity index (χ0v) is 9.58. The molecule has 1 aromatic carbocycles. The molecule has 0 atom stereocenters. The summed E-state index contributed by atoms with van der Waals surface area (Å²) in [6.07, 6.45) is 2.49. The van der Waals surface area contributed by atoms with E-state index in [1.54, 1.807) is 6.08 Å². The fourth-order valence-electron chi connectivity index (χ4n) is 1.47. The van der Waals surface area contributed by atoms with Crippen molar-refractivity contribution in [3.63, 3.8) is 0 Å². The number of hydrogen-bond acceptors (Lipinski definition) is 2. The van der Waals surface area contributed by atoms with Gasteiger partial charge in [0.15, 0.2) is 11.5 Å². The Morgan fingerprint density at radius 3 is 2.67 bits per heavy atom. The molecule has 0 amide bonds. The van der Waals surface area contributed by atoms with E-state index in [1.165, 1.54) is 0 Å². The van der Waals surface area contributed by atoms with E-state index in [9.17, 15) is 5.11 Å². The van der Waals surface area contributed by atoms with Gasteiger partial charge in [0.1, 0.15) is 0 Å². The van der Waals surface area contributed by atoms with Crippen LogP contribution in [0.3, 0.4) is 0 Å². The number of phenolic OH excluding ortho intramolecular Hbond substituents is 1. The molecule has 0 aliphatic heterocycles. The van der Waals surface area contributed by atoms with Crippen molar-refractivity contribution in [2.75, 3.05) is 0 Å². The van der Waals surface area contributed by atoms with Crippen LogP contribution in [0.1, 0.15) is 25.0 Å². The van der Waals surface area contributed by atoms with Crippen LogP contribution in [0.15, 0.2) is 24.8 Å². The van der Waals surface area contributed by atoms with Gasteiger partial charge >= 0.3 is 0 Å². The lowest BCUT2D eigenvalue weighted by atomic mass is 10.1. The van der Waals surface area contributed by atoms with Gasteiger partial charge in [-0.05, 0) is 38.8 Å². The average Bonchev–Trinajstić information content (AvgIpc) is 2.12. The lowest BCUT2D eigenvalue weighted by molar-refractivity contribution is 0.231. The minimum Gasteiger partial charge on any atom is -0.504 e. The second-order valence-electron chi connectivity index (χ2n) is 3.93. The molecular formula is C13H18O2. The zero-order valence-electron chi connectivity index (χ0n) is 9.58. The first-order chi connectivity index (χ1) is 7.04. The van der Waals surface area contributed by atoms with E-state index in [4.69, 9.17) is 4.74 Å². The molecule has 0 aliphatic carbocycles. The van der Waals surface area contributed by atoms with Crippen molar-refractivity contribution in [3.05, 3.63) is 35.9 Å². The Morgan fingerprint density at radius 1 is 1.47 bits per heavy atom. The largest absolute Gasteiger partial charge is 0.504 e. The van der Waals surface area contributed by atoms with Gasteiger partial charge in [-0.25, -0.2) is 0 Å². The van der Waals surface area contributed by atoms with E-state index in [0.717, 1.165) is 11.1 Å². The van der Waals surface area contributed by atoms with Gasteiger partial charge in [-0.2, -0.15) is 0 Å². The summed E-state index contributed by atoms with van der Waals surface area (Å²) in [7, 11) is 0.